The van der Waals surface area contributed by atoms with Gasteiger partial charge in [0.1, 0.15) is 10.0 Å². The molecule has 0 spiro atoms. The predicted molar refractivity (Wildman–Crippen MR) is 106 cm³/mol. The number of hydrogen-bond acceptors (Lipinski definition) is 6. The molecule has 6 nitrogen and oxygen atoms in total. The maximum absolute atomic E-state index is 13.1. The summed E-state index contributed by atoms with van der Waals surface area (Å²) >= 11 is 6.96. The molecule has 1 saturated heterocycles. The lowest BCUT2D eigenvalue weighted by Gasteiger charge is -2.38. The van der Waals surface area contributed by atoms with E-state index in [4.69, 9.17) is 11.6 Å². The summed E-state index contributed by atoms with van der Waals surface area (Å²) in [5.74, 6) is 0.241. The van der Waals surface area contributed by atoms with Crippen molar-refractivity contribution in [1.82, 2.24) is 9.21 Å². The molecule has 0 saturated carbocycles. The Labute approximate surface area is 166 Å². The maximum atomic E-state index is 13.1. The Kier molecular flexibility index (Phi) is 5.00. The molecule has 3 heterocycles. The molecule has 4 rings (SSSR count). The van der Waals surface area contributed by atoms with E-state index in [2.05, 4.69) is 9.89 Å². The summed E-state index contributed by atoms with van der Waals surface area (Å²) in [5, 5.41) is 0. The van der Waals surface area contributed by atoms with Crippen LogP contribution in [0.1, 0.15) is 0 Å². The maximum Gasteiger partial charge on any atom is 0.276 e. The van der Waals surface area contributed by atoms with Crippen molar-refractivity contribution in [1.29, 1.82) is 0 Å². The van der Waals surface area contributed by atoms with Gasteiger partial charge in [-0.3, -0.25) is 4.99 Å². The van der Waals surface area contributed by atoms with Gasteiger partial charge in [-0.2, -0.15) is 0 Å². The zero-order chi connectivity index (χ0) is 19.0. The average Bonchev–Trinajstić information content (AvgIpc) is 3.32. The molecular weight excluding hydrogens is 411 g/mol. The second-order valence-corrected chi connectivity index (χ2v) is 10.1. The first-order valence-electron chi connectivity index (χ1n) is 8.53. The summed E-state index contributed by atoms with van der Waals surface area (Å²) in [6.45, 7) is 3.50. The molecule has 2 aromatic rings. The monoisotopic (exact) mass is 428 g/mol. The van der Waals surface area contributed by atoms with Gasteiger partial charge in [0.2, 0.25) is 5.96 Å². The molecular formula is C17H18ClFN4O2S2. The molecule has 1 aromatic carbocycles. The van der Waals surface area contributed by atoms with Crippen molar-refractivity contribution in [3.63, 3.8) is 0 Å². The zero-order valence-corrected chi connectivity index (χ0v) is 16.8. The van der Waals surface area contributed by atoms with Crippen LogP contribution < -0.4 is 4.90 Å². The van der Waals surface area contributed by atoms with E-state index in [-0.39, 0.29) is 10.0 Å². The molecule has 1 fully saturated rings. The summed E-state index contributed by atoms with van der Waals surface area (Å²) in [5.41, 5.74) is 0.960. The lowest BCUT2D eigenvalue weighted by Crippen LogP contribution is -2.53. The Balaban J connectivity index is 1.47. The van der Waals surface area contributed by atoms with Gasteiger partial charge in [-0.05, 0) is 36.4 Å². The molecule has 0 aliphatic carbocycles. The number of aliphatic imine (C=N–C) groups is 1. The topological polar surface area (TPSA) is 56.2 Å². The first-order valence-corrected chi connectivity index (χ1v) is 11.2. The number of hydrogen-bond donors (Lipinski definition) is 0. The van der Waals surface area contributed by atoms with Crippen LogP contribution in [0.15, 0.2) is 45.6 Å². The smallest absolute Gasteiger partial charge is 0.276 e. The highest BCUT2D eigenvalue weighted by Crippen LogP contribution is 2.30. The second kappa shape index (κ2) is 7.29. The van der Waals surface area contributed by atoms with Crippen molar-refractivity contribution < 1.29 is 12.8 Å². The number of benzene rings is 1. The fourth-order valence-corrected chi connectivity index (χ4v) is 6.31. The van der Waals surface area contributed by atoms with Crippen LogP contribution in [0, 0.1) is 5.82 Å². The van der Waals surface area contributed by atoms with Gasteiger partial charge < -0.3 is 9.80 Å². The second-order valence-electron chi connectivity index (χ2n) is 6.27. The van der Waals surface area contributed by atoms with Crippen LogP contribution in [-0.2, 0) is 10.0 Å². The van der Waals surface area contributed by atoms with E-state index in [0.29, 0.717) is 49.6 Å². The summed E-state index contributed by atoms with van der Waals surface area (Å²) in [4.78, 5) is 8.60. The van der Waals surface area contributed by atoms with Crippen molar-refractivity contribution >= 4 is 44.6 Å². The third-order valence-electron chi connectivity index (χ3n) is 4.63. The number of guanidine groups is 1. The van der Waals surface area contributed by atoms with E-state index < -0.39 is 10.0 Å². The molecule has 0 radical (unpaired) electrons. The van der Waals surface area contributed by atoms with Crippen LogP contribution in [0.25, 0.3) is 0 Å². The number of nitrogens with zero attached hydrogens (tertiary/aromatic N) is 4. The standard InChI is InChI=1S/C17H18ClFN4O2S2/c18-15-5-6-16(26-15)27(24,25)23-8-7-20-17(23)22-11-9-21(10-12-22)14-3-1-13(19)2-4-14/h1-6H,7-12H2. The summed E-state index contributed by atoms with van der Waals surface area (Å²) in [7, 11) is -3.65. The van der Waals surface area contributed by atoms with E-state index in [1.165, 1.54) is 22.5 Å². The van der Waals surface area contributed by atoms with Crippen molar-refractivity contribution in [2.75, 3.05) is 44.2 Å². The number of piperazine rings is 1. The molecule has 0 bridgehead atoms. The Morgan fingerprint density at radius 1 is 0.963 bits per heavy atom. The normalized spacial score (nSPS) is 18.1. The molecule has 0 unspecified atom stereocenters. The summed E-state index contributed by atoms with van der Waals surface area (Å²) in [6, 6.07) is 9.54. The fourth-order valence-electron chi connectivity index (χ4n) is 3.27. The van der Waals surface area contributed by atoms with E-state index in [0.717, 1.165) is 17.0 Å². The van der Waals surface area contributed by atoms with Crippen LogP contribution in [-0.4, -0.2) is 62.9 Å². The van der Waals surface area contributed by atoms with Gasteiger partial charge in [0.15, 0.2) is 0 Å². The average molecular weight is 429 g/mol. The van der Waals surface area contributed by atoms with E-state index in [1.54, 1.807) is 18.2 Å². The third-order valence-corrected chi connectivity index (χ3v) is 8.10. The Hall–Kier alpha value is -1.84. The number of anilines is 1. The predicted octanol–water partition coefficient (Wildman–Crippen LogP) is 2.72. The first-order chi connectivity index (χ1) is 12.9. The van der Waals surface area contributed by atoms with E-state index in [1.807, 2.05) is 4.90 Å². The minimum atomic E-state index is -3.65. The van der Waals surface area contributed by atoms with Crippen LogP contribution >= 0.6 is 22.9 Å². The van der Waals surface area contributed by atoms with Gasteiger partial charge in [0.05, 0.1) is 17.4 Å². The largest absolute Gasteiger partial charge is 0.368 e. The number of sulfonamides is 1. The van der Waals surface area contributed by atoms with Crippen LogP contribution in [0.4, 0.5) is 10.1 Å². The molecule has 0 atom stereocenters. The molecule has 1 aromatic heterocycles. The van der Waals surface area contributed by atoms with Gasteiger partial charge in [-0.25, -0.2) is 17.1 Å². The molecule has 2 aliphatic heterocycles. The minimum Gasteiger partial charge on any atom is -0.368 e. The lowest BCUT2D eigenvalue weighted by molar-refractivity contribution is 0.358. The van der Waals surface area contributed by atoms with E-state index in [9.17, 15) is 12.8 Å². The van der Waals surface area contributed by atoms with Gasteiger partial charge in [0.25, 0.3) is 10.0 Å². The molecule has 27 heavy (non-hydrogen) atoms. The Morgan fingerprint density at radius 3 is 2.26 bits per heavy atom. The molecule has 10 heteroatoms. The molecule has 0 N–H and O–H groups in total. The zero-order valence-electron chi connectivity index (χ0n) is 14.4. The Morgan fingerprint density at radius 2 is 1.63 bits per heavy atom. The number of thiophene rings is 1. The molecule has 2 aliphatic rings. The van der Waals surface area contributed by atoms with Crippen LogP contribution in [0.5, 0.6) is 0 Å². The van der Waals surface area contributed by atoms with Crippen molar-refractivity contribution in [3.05, 3.63) is 46.6 Å². The van der Waals surface area contributed by atoms with Gasteiger partial charge in [-0.1, -0.05) is 11.6 Å². The van der Waals surface area contributed by atoms with Gasteiger partial charge in [-0.15, -0.1) is 11.3 Å². The molecule has 0 amide bonds. The van der Waals surface area contributed by atoms with Crippen molar-refractivity contribution in [3.8, 4) is 0 Å². The van der Waals surface area contributed by atoms with Crippen LogP contribution in [0.2, 0.25) is 4.34 Å². The highest BCUT2D eigenvalue weighted by atomic mass is 35.5. The third kappa shape index (κ3) is 3.63. The molecule has 144 valence electrons. The van der Waals surface area contributed by atoms with Crippen molar-refractivity contribution in [2.24, 2.45) is 4.99 Å². The number of rotatable bonds is 3. The van der Waals surface area contributed by atoms with E-state index >= 15 is 0 Å². The van der Waals surface area contributed by atoms with Gasteiger partial charge in [0, 0.05) is 31.9 Å². The fraction of sp³-hybridized carbons (Fsp3) is 0.353. The summed E-state index contributed by atoms with van der Waals surface area (Å²) < 4.78 is 41.0. The quantitative estimate of drug-likeness (QED) is 0.754. The lowest BCUT2D eigenvalue weighted by atomic mass is 10.2. The highest BCUT2D eigenvalue weighted by Gasteiger charge is 2.35. The minimum absolute atomic E-state index is 0.229. The van der Waals surface area contributed by atoms with Crippen LogP contribution in [0.3, 0.4) is 0 Å². The summed E-state index contributed by atoms with van der Waals surface area (Å²) in [6.07, 6.45) is 0. The number of halogens is 2. The van der Waals surface area contributed by atoms with Crippen molar-refractivity contribution in [2.45, 2.75) is 4.21 Å². The Bertz CT molecular complexity index is 954. The first kappa shape index (κ1) is 18.5. The van der Waals surface area contributed by atoms with Gasteiger partial charge >= 0.3 is 0 Å². The SMILES string of the molecule is O=S(=O)(c1ccc(Cl)s1)N1CCN=C1N1CCN(c2ccc(F)cc2)CC1. The highest BCUT2D eigenvalue weighted by molar-refractivity contribution is 7.91.